The van der Waals surface area contributed by atoms with Gasteiger partial charge in [-0.05, 0) is 34.5 Å². The van der Waals surface area contributed by atoms with Gasteiger partial charge in [0, 0.05) is 12.1 Å². The molecule has 3 rings (SSSR count). The summed E-state index contributed by atoms with van der Waals surface area (Å²) in [4.78, 5) is 23.0. The summed E-state index contributed by atoms with van der Waals surface area (Å²) in [5, 5.41) is 10.6. The quantitative estimate of drug-likeness (QED) is 0.337. The summed E-state index contributed by atoms with van der Waals surface area (Å²) in [6.07, 6.45) is 1.59. The molecule has 0 unspecified atom stereocenters. The standard InChI is InChI=1S/C19H17N3O2/c1-2-20-18(23)19(24)22-21-12-17-15-9-5-3-7-13(15)11-14-8-4-6-10-16(14)17/h3-12H,2H2,1H3,(H,20,23)(H,22,24). The highest BCUT2D eigenvalue weighted by molar-refractivity contribution is 6.35. The molecule has 0 saturated carbocycles. The molecule has 0 aliphatic heterocycles. The van der Waals surface area contributed by atoms with Gasteiger partial charge < -0.3 is 5.32 Å². The number of rotatable bonds is 3. The molecule has 0 aliphatic carbocycles. The molecular weight excluding hydrogens is 302 g/mol. The molecule has 0 radical (unpaired) electrons. The lowest BCUT2D eigenvalue weighted by molar-refractivity contribution is -0.139. The van der Waals surface area contributed by atoms with E-state index in [1.807, 2.05) is 48.5 Å². The number of amides is 2. The molecule has 3 aromatic rings. The fourth-order valence-electron chi connectivity index (χ4n) is 2.64. The molecule has 0 heterocycles. The number of benzene rings is 3. The van der Waals surface area contributed by atoms with Gasteiger partial charge in [0.2, 0.25) is 0 Å². The summed E-state index contributed by atoms with van der Waals surface area (Å²) < 4.78 is 0. The zero-order valence-electron chi connectivity index (χ0n) is 13.2. The van der Waals surface area contributed by atoms with Crippen LogP contribution >= 0.6 is 0 Å². The minimum atomic E-state index is -0.780. The topological polar surface area (TPSA) is 70.6 Å². The number of likely N-dealkylation sites (N-methyl/N-ethyl adjacent to an activating group) is 1. The zero-order chi connectivity index (χ0) is 16.9. The van der Waals surface area contributed by atoms with Crippen LogP contribution in [0.25, 0.3) is 21.5 Å². The smallest absolute Gasteiger partial charge is 0.329 e. The SMILES string of the molecule is CCNC(=O)C(=O)NN=Cc1c2ccccc2cc2ccccc12. The fourth-order valence-corrected chi connectivity index (χ4v) is 2.64. The highest BCUT2D eigenvalue weighted by atomic mass is 16.2. The number of fused-ring (bicyclic) bond motifs is 2. The predicted molar refractivity (Wildman–Crippen MR) is 95.9 cm³/mol. The summed E-state index contributed by atoms with van der Waals surface area (Å²) >= 11 is 0. The molecule has 3 aromatic carbocycles. The van der Waals surface area contributed by atoms with E-state index in [4.69, 9.17) is 0 Å². The number of nitrogens with one attached hydrogen (secondary N) is 2. The van der Waals surface area contributed by atoms with Gasteiger partial charge in [-0.25, -0.2) is 5.43 Å². The van der Waals surface area contributed by atoms with Crippen molar-refractivity contribution in [3.05, 3.63) is 60.2 Å². The summed E-state index contributed by atoms with van der Waals surface area (Å²) in [7, 11) is 0. The number of nitrogens with zero attached hydrogens (tertiary/aromatic N) is 1. The van der Waals surface area contributed by atoms with Crippen molar-refractivity contribution >= 4 is 39.6 Å². The van der Waals surface area contributed by atoms with Gasteiger partial charge >= 0.3 is 11.8 Å². The Morgan fingerprint density at radius 3 is 2.12 bits per heavy atom. The highest BCUT2D eigenvalue weighted by Crippen LogP contribution is 2.27. The molecule has 0 fully saturated rings. The van der Waals surface area contributed by atoms with Gasteiger partial charge in [0.05, 0.1) is 6.21 Å². The van der Waals surface area contributed by atoms with Crippen LogP contribution in [0.15, 0.2) is 59.7 Å². The summed E-state index contributed by atoms with van der Waals surface area (Å²) in [6.45, 7) is 2.14. The summed E-state index contributed by atoms with van der Waals surface area (Å²) in [5.74, 6) is -1.48. The minimum absolute atomic E-state index is 0.393. The third kappa shape index (κ3) is 3.10. The van der Waals surface area contributed by atoms with Crippen LogP contribution in [-0.4, -0.2) is 24.6 Å². The van der Waals surface area contributed by atoms with Gasteiger partial charge in [-0.1, -0.05) is 48.5 Å². The van der Waals surface area contributed by atoms with Crippen molar-refractivity contribution in [1.82, 2.24) is 10.7 Å². The van der Waals surface area contributed by atoms with Gasteiger partial charge in [-0.3, -0.25) is 9.59 Å². The van der Waals surface area contributed by atoms with Crippen LogP contribution in [0, 0.1) is 0 Å². The molecule has 2 amide bonds. The first-order valence-electron chi connectivity index (χ1n) is 7.72. The van der Waals surface area contributed by atoms with Crippen molar-refractivity contribution in [2.75, 3.05) is 6.54 Å². The van der Waals surface area contributed by atoms with E-state index in [-0.39, 0.29) is 0 Å². The van der Waals surface area contributed by atoms with Crippen molar-refractivity contribution in [3.8, 4) is 0 Å². The molecule has 2 N–H and O–H groups in total. The van der Waals surface area contributed by atoms with E-state index in [0.717, 1.165) is 27.1 Å². The Hall–Kier alpha value is -3.21. The van der Waals surface area contributed by atoms with Crippen molar-refractivity contribution < 1.29 is 9.59 Å². The van der Waals surface area contributed by atoms with Crippen LogP contribution in [0.3, 0.4) is 0 Å². The van der Waals surface area contributed by atoms with Gasteiger partial charge in [-0.2, -0.15) is 5.10 Å². The number of carbonyl (C=O) groups excluding carboxylic acids is 2. The number of carbonyl (C=O) groups is 2. The lowest BCUT2D eigenvalue weighted by Gasteiger charge is -2.07. The molecule has 5 heteroatoms. The van der Waals surface area contributed by atoms with Gasteiger partial charge in [0.25, 0.3) is 0 Å². The molecule has 0 spiro atoms. The average Bonchev–Trinajstić information content (AvgIpc) is 2.61. The second-order valence-electron chi connectivity index (χ2n) is 5.29. The molecule has 24 heavy (non-hydrogen) atoms. The van der Waals surface area contributed by atoms with Gasteiger partial charge in [-0.15, -0.1) is 0 Å². The Morgan fingerprint density at radius 2 is 1.54 bits per heavy atom. The van der Waals surface area contributed by atoms with Crippen LogP contribution in [0.2, 0.25) is 0 Å². The first-order chi connectivity index (χ1) is 11.7. The molecular formula is C19H17N3O2. The molecule has 0 aliphatic rings. The minimum Gasteiger partial charge on any atom is -0.348 e. The zero-order valence-corrected chi connectivity index (χ0v) is 13.2. The van der Waals surface area contributed by atoms with Crippen LogP contribution in [0.1, 0.15) is 12.5 Å². The molecule has 120 valence electrons. The predicted octanol–water partition coefficient (Wildman–Crippen LogP) is 2.58. The van der Waals surface area contributed by atoms with E-state index in [0.29, 0.717) is 6.54 Å². The molecule has 0 aromatic heterocycles. The van der Waals surface area contributed by atoms with Crippen molar-refractivity contribution in [3.63, 3.8) is 0 Å². The molecule has 0 bridgehead atoms. The third-order valence-electron chi connectivity index (χ3n) is 3.72. The third-order valence-corrected chi connectivity index (χ3v) is 3.72. The van der Waals surface area contributed by atoms with Crippen LogP contribution in [0.4, 0.5) is 0 Å². The Bertz CT molecular complexity index is 894. The van der Waals surface area contributed by atoms with E-state index >= 15 is 0 Å². The number of hydrazone groups is 1. The monoisotopic (exact) mass is 319 g/mol. The summed E-state index contributed by atoms with van der Waals surface area (Å²) in [6, 6.07) is 18.1. The average molecular weight is 319 g/mol. The van der Waals surface area contributed by atoms with E-state index in [9.17, 15) is 9.59 Å². The van der Waals surface area contributed by atoms with Gasteiger partial charge in [0.1, 0.15) is 0 Å². The van der Waals surface area contributed by atoms with E-state index in [2.05, 4.69) is 21.9 Å². The van der Waals surface area contributed by atoms with Crippen molar-refractivity contribution in [2.24, 2.45) is 5.10 Å². The van der Waals surface area contributed by atoms with Crippen molar-refractivity contribution in [1.29, 1.82) is 0 Å². The van der Waals surface area contributed by atoms with E-state index in [1.165, 1.54) is 0 Å². The lowest BCUT2D eigenvalue weighted by atomic mass is 9.97. The van der Waals surface area contributed by atoms with Crippen LogP contribution in [-0.2, 0) is 9.59 Å². The fraction of sp³-hybridized carbons (Fsp3) is 0.105. The molecule has 0 saturated heterocycles. The molecule has 5 nitrogen and oxygen atoms in total. The Kier molecular flexibility index (Phi) is 4.52. The summed E-state index contributed by atoms with van der Waals surface area (Å²) in [5.41, 5.74) is 3.17. The number of hydrogen-bond donors (Lipinski definition) is 2. The second kappa shape index (κ2) is 6.91. The number of hydrogen-bond acceptors (Lipinski definition) is 3. The maximum atomic E-state index is 11.6. The lowest BCUT2D eigenvalue weighted by Crippen LogP contribution is -2.37. The highest BCUT2D eigenvalue weighted by Gasteiger charge is 2.10. The molecule has 0 atom stereocenters. The largest absolute Gasteiger partial charge is 0.348 e. The van der Waals surface area contributed by atoms with Crippen LogP contribution in [0.5, 0.6) is 0 Å². The normalized spacial score (nSPS) is 11.0. The van der Waals surface area contributed by atoms with Gasteiger partial charge in [0.15, 0.2) is 0 Å². The maximum Gasteiger partial charge on any atom is 0.329 e. The second-order valence-corrected chi connectivity index (χ2v) is 5.29. The first-order valence-corrected chi connectivity index (χ1v) is 7.72. The first kappa shape index (κ1) is 15.7. The Morgan fingerprint density at radius 1 is 0.958 bits per heavy atom. The Balaban J connectivity index is 1.99. The Labute approximate surface area is 139 Å². The van der Waals surface area contributed by atoms with Crippen LogP contribution < -0.4 is 10.7 Å². The maximum absolute atomic E-state index is 11.6. The van der Waals surface area contributed by atoms with Crippen molar-refractivity contribution in [2.45, 2.75) is 6.92 Å². The van der Waals surface area contributed by atoms with E-state index in [1.54, 1.807) is 13.1 Å². The van der Waals surface area contributed by atoms with E-state index < -0.39 is 11.8 Å².